The molecular formula is C24H25N3O6. The summed E-state index contributed by atoms with van der Waals surface area (Å²) in [5.41, 5.74) is 3.73. The van der Waals surface area contributed by atoms with Crippen molar-refractivity contribution in [2.75, 3.05) is 30.6 Å². The number of carbonyl (C=O) groups is 3. The monoisotopic (exact) mass is 451 g/mol. The molecule has 3 aromatic carbocycles. The summed E-state index contributed by atoms with van der Waals surface area (Å²) in [4.78, 5) is 37.5. The number of hydrogen-bond donors (Lipinski definition) is 2. The van der Waals surface area contributed by atoms with Gasteiger partial charge in [-0.15, -0.1) is 0 Å². The summed E-state index contributed by atoms with van der Waals surface area (Å²) >= 11 is 0. The van der Waals surface area contributed by atoms with Gasteiger partial charge in [0.05, 0.1) is 26.0 Å². The molecule has 0 aliphatic heterocycles. The molecule has 0 unspecified atom stereocenters. The Balaban J connectivity index is 2.08. The quantitative estimate of drug-likeness (QED) is 0.525. The Bertz CT molecular complexity index is 1150. The number of hydrogen-bond acceptors (Lipinski definition) is 6. The first kappa shape index (κ1) is 23.4. The van der Waals surface area contributed by atoms with Crippen molar-refractivity contribution in [2.45, 2.75) is 13.8 Å². The van der Waals surface area contributed by atoms with Gasteiger partial charge in [0.1, 0.15) is 5.75 Å². The molecule has 3 rings (SSSR count). The van der Waals surface area contributed by atoms with E-state index >= 15 is 0 Å². The second-order valence-electron chi connectivity index (χ2n) is 6.73. The normalized spacial score (nSPS) is 10.3. The third-order valence-corrected chi connectivity index (χ3v) is 4.65. The van der Waals surface area contributed by atoms with Gasteiger partial charge in [-0.05, 0) is 56.3 Å². The van der Waals surface area contributed by atoms with Gasteiger partial charge in [0.15, 0.2) is 0 Å². The number of benzene rings is 3. The number of nitrogens with zero attached hydrogens (tertiary/aromatic N) is 1. The molecule has 0 aliphatic rings. The van der Waals surface area contributed by atoms with E-state index in [2.05, 4.69) is 10.7 Å². The summed E-state index contributed by atoms with van der Waals surface area (Å²) in [6, 6.07) is 17.2. The molecule has 0 aliphatic carbocycles. The zero-order valence-corrected chi connectivity index (χ0v) is 18.6. The molecule has 9 heteroatoms. The van der Waals surface area contributed by atoms with Crippen molar-refractivity contribution < 1.29 is 28.6 Å². The molecule has 0 heterocycles. The maximum absolute atomic E-state index is 12.7. The van der Waals surface area contributed by atoms with E-state index in [-0.39, 0.29) is 19.1 Å². The van der Waals surface area contributed by atoms with Crippen molar-refractivity contribution in [3.8, 4) is 5.75 Å². The highest BCUT2D eigenvalue weighted by Crippen LogP contribution is 2.35. The summed E-state index contributed by atoms with van der Waals surface area (Å²) in [5, 5.41) is 5.02. The van der Waals surface area contributed by atoms with Gasteiger partial charge >= 0.3 is 12.2 Å². The Hall–Kier alpha value is -4.27. The summed E-state index contributed by atoms with van der Waals surface area (Å²) in [6.07, 6.45) is -1.60. The standard InChI is InChI=1S/C24H25N3O6/c1-4-32-23(29)26-27(24(30)33-5-2)21-14-13-20(19-15-17(31-3)11-12-18(19)21)25-22(28)16-9-7-6-8-10-16/h6-15H,4-5H2,1-3H3,(H,25,28)(H,26,29). The van der Waals surface area contributed by atoms with Crippen molar-refractivity contribution in [3.05, 3.63) is 66.2 Å². The summed E-state index contributed by atoms with van der Waals surface area (Å²) in [6.45, 7) is 3.55. The topological polar surface area (TPSA) is 106 Å². The fourth-order valence-corrected chi connectivity index (χ4v) is 3.17. The van der Waals surface area contributed by atoms with Gasteiger partial charge in [-0.1, -0.05) is 18.2 Å². The number of amides is 3. The molecule has 0 atom stereocenters. The van der Waals surface area contributed by atoms with E-state index in [4.69, 9.17) is 14.2 Å². The largest absolute Gasteiger partial charge is 0.497 e. The predicted octanol–water partition coefficient (Wildman–Crippen LogP) is 4.72. The molecule has 0 bridgehead atoms. The van der Waals surface area contributed by atoms with Crippen LogP contribution in [0.5, 0.6) is 5.75 Å². The minimum atomic E-state index is -0.811. The molecule has 3 amide bonds. The van der Waals surface area contributed by atoms with Crippen LogP contribution in [0.3, 0.4) is 0 Å². The molecule has 0 radical (unpaired) electrons. The average molecular weight is 451 g/mol. The zero-order valence-electron chi connectivity index (χ0n) is 18.6. The van der Waals surface area contributed by atoms with Crippen LogP contribution in [-0.2, 0) is 9.47 Å². The fourth-order valence-electron chi connectivity index (χ4n) is 3.17. The van der Waals surface area contributed by atoms with E-state index in [9.17, 15) is 14.4 Å². The number of anilines is 2. The Morgan fingerprint density at radius 1 is 0.879 bits per heavy atom. The van der Waals surface area contributed by atoms with Crippen LogP contribution < -0.4 is 20.5 Å². The zero-order chi connectivity index (χ0) is 23.8. The van der Waals surface area contributed by atoms with Crippen molar-refractivity contribution in [1.82, 2.24) is 5.43 Å². The fraction of sp³-hybridized carbons (Fsp3) is 0.208. The second kappa shape index (κ2) is 10.9. The van der Waals surface area contributed by atoms with Gasteiger partial charge in [-0.25, -0.2) is 15.0 Å². The molecule has 0 saturated carbocycles. The molecule has 172 valence electrons. The third-order valence-electron chi connectivity index (χ3n) is 4.65. The molecule has 3 aromatic rings. The Morgan fingerprint density at radius 2 is 1.61 bits per heavy atom. The minimum absolute atomic E-state index is 0.108. The van der Waals surface area contributed by atoms with Crippen molar-refractivity contribution in [3.63, 3.8) is 0 Å². The molecule has 0 fully saturated rings. The first-order valence-electron chi connectivity index (χ1n) is 10.4. The molecule has 0 aromatic heterocycles. The number of carbonyl (C=O) groups excluding carboxylic acids is 3. The lowest BCUT2D eigenvalue weighted by atomic mass is 10.1. The summed E-state index contributed by atoms with van der Waals surface area (Å²) < 4.78 is 15.4. The van der Waals surface area contributed by atoms with Crippen LogP contribution in [0, 0.1) is 0 Å². The van der Waals surface area contributed by atoms with Gasteiger partial charge in [-0.2, -0.15) is 5.01 Å². The first-order valence-corrected chi connectivity index (χ1v) is 10.4. The number of fused-ring (bicyclic) bond motifs is 1. The molecule has 0 spiro atoms. The average Bonchev–Trinajstić information content (AvgIpc) is 2.83. The highest BCUT2D eigenvalue weighted by molar-refractivity contribution is 6.13. The van der Waals surface area contributed by atoms with Crippen LogP contribution in [0.2, 0.25) is 0 Å². The van der Waals surface area contributed by atoms with Crippen LogP contribution in [0.15, 0.2) is 60.7 Å². The Morgan fingerprint density at radius 3 is 2.27 bits per heavy atom. The lowest BCUT2D eigenvalue weighted by Crippen LogP contribution is -2.47. The maximum Gasteiger partial charge on any atom is 0.433 e. The molecule has 9 nitrogen and oxygen atoms in total. The second-order valence-corrected chi connectivity index (χ2v) is 6.73. The Labute approximate surface area is 191 Å². The maximum atomic E-state index is 12.7. The van der Waals surface area contributed by atoms with Crippen LogP contribution in [0.25, 0.3) is 10.8 Å². The van der Waals surface area contributed by atoms with Crippen LogP contribution in [0.1, 0.15) is 24.2 Å². The Kier molecular flexibility index (Phi) is 7.69. The van der Waals surface area contributed by atoms with Gasteiger partial charge in [0, 0.05) is 22.0 Å². The van der Waals surface area contributed by atoms with E-state index in [0.717, 1.165) is 5.01 Å². The molecule has 2 N–H and O–H groups in total. The highest BCUT2D eigenvalue weighted by Gasteiger charge is 2.24. The van der Waals surface area contributed by atoms with Gasteiger partial charge in [0.2, 0.25) is 0 Å². The van der Waals surface area contributed by atoms with E-state index in [1.54, 1.807) is 68.4 Å². The lowest BCUT2D eigenvalue weighted by Gasteiger charge is -2.24. The van der Waals surface area contributed by atoms with Crippen molar-refractivity contribution >= 4 is 40.2 Å². The number of hydrazine groups is 1. The van der Waals surface area contributed by atoms with E-state index in [0.29, 0.717) is 33.5 Å². The first-order chi connectivity index (χ1) is 16.0. The van der Waals surface area contributed by atoms with E-state index < -0.39 is 12.2 Å². The number of nitrogens with one attached hydrogen (secondary N) is 2. The summed E-state index contributed by atoms with van der Waals surface area (Å²) in [7, 11) is 1.53. The molecular weight excluding hydrogens is 426 g/mol. The van der Waals surface area contributed by atoms with Gasteiger partial charge in [-0.3, -0.25) is 4.79 Å². The third kappa shape index (κ3) is 5.51. The lowest BCUT2D eigenvalue weighted by molar-refractivity contribution is 0.102. The SMILES string of the molecule is CCOC(=O)NN(C(=O)OCC)c1ccc(NC(=O)c2ccccc2)c2cc(OC)ccc12. The van der Waals surface area contributed by atoms with Crippen molar-refractivity contribution in [2.24, 2.45) is 0 Å². The van der Waals surface area contributed by atoms with Gasteiger partial charge < -0.3 is 19.5 Å². The number of rotatable bonds is 6. The van der Waals surface area contributed by atoms with Crippen LogP contribution in [0.4, 0.5) is 21.0 Å². The minimum Gasteiger partial charge on any atom is -0.497 e. The predicted molar refractivity (Wildman–Crippen MR) is 125 cm³/mol. The molecule has 33 heavy (non-hydrogen) atoms. The summed E-state index contributed by atoms with van der Waals surface area (Å²) in [5.74, 6) is 0.260. The number of ether oxygens (including phenoxy) is 3. The van der Waals surface area contributed by atoms with E-state index in [1.165, 1.54) is 7.11 Å². The highest BCUT2D eigenvalue weighted by atomic mass is 16.6. The molecule has 0 saturated heterocycles. The number of methoxy groups -OCH3 is 1. The van der Waals surface area contributed by atoms with Crippen LogP contribution >= 0.6 is 0 Å². The van der Waals surface area contributed by atoms with Crippen molar-refractivity contribution in [1.29, 1.82) is 0 Å². The van der Waals surface area contributed by atoms with Gasteiger partial charge in [0.25, 0.3) is 5.91 Å². The smallest absolute Gasteiger partial charge is 0.433 e. The van der Waals surface area contributed by atoms with Crippen LogP contribution in [-0.4, -0.2) is 38.4 Å². The van der Waals surface area contributed by atoms with E-state index in [1.807, 2.05) is 6.07 Å².